The second-order valence-corrected chi connectivity index (χ2v) is 1.52. The number of hydrogen-bond donors (Lipinski definition) is 0. The lowest BCUT2D eigenvalue weighted by molar-refractivity contribution is -0.302. The lowest BCUT2D eigenvalue weighted by Crippen LogP contribution is -2.25. The highest BCUT2D eigenvalue weighted by molar-refractivity contribution is 6.19. The molecular weight excluding hydrogens is 144 g/mol. The summed E-state index contributed by atoms with van der Waals surface area (Å²) in [5.74, 6) is -1.47. The molecule has 0 aromatic carbocycles. The third-order valence-electron chi connectivity index (χ3n) is 0.684. The second kappa shape index (κ2) is 4.21. The molecule has 0 spiro atoms. The summed E-state index contributed by atoms with van der Waals surface area (Å²) < 4.78 is 4.37. The van der Waals surface area contributed by atoms with Gasteiger partial charge in [0.05, 0.1) is 7.11 Å². The Kier molecular flexibility index (Phi) is 3.88. The van der Waals surface area contributed by atoms with Crippen LogP contribution in [0, 0.1) is 0 Å². The fourth-order valence-corrected chi connectivity index (χ4v) is 0.460. The Labute approximate surface area is 57.9 Å². The van der Waals surface area contributed by atoms with Crippen molar-refractivity contribution in [1.82, 2.24) is 0 Å². The molecule has 0 fully saturated rings. The average molecular weight is 150 g/mol. The molecule has 4 heteroatoms. The van der Waals surface area contributed by atoms with E-state index in [1.54, 1.807) is 0 Å². The van der Waals surface area contributed by atoms with Crippen molar-refractivity contribution in [2.45, 2.75) is 0 Å². The van der Waals surface area contributed by atoms with Crippen molar-refractivity contribution >= 4 is 17.6 Å². The molecule has 0 atom stereocenters. The molecule has 0 amide bonds. The number of halogens is 1. The normalized spacial score (nSPS) is 11.1. The zero-order valence-electron chi connectivity index (χ0n) is 4.89. The first-order chi connectivity index (χ1) is 4.22. The number of methoxy groups -OCH3 is 1. The van der Waals surface area contributed by atoms with E-state index in [0.717, 1.165) is 0 Å². The predicted molar refractivity (Wildman–Crippen MR) is 30.8 cm³/mol. The maximum Gasteiger partial charge on any atom is 0.138 e. The van der Waals surface area contributed by atoms with Crippen LogP contribution < -0.4 is 5.11 Å². The number of carbonyl (C=O) groups is 1. The molecule has 0 radical (unpaired) electrons. The smallest absolute Gasteiger partial charge is 0.138 e. The first-order valence-electron chi connectivity index (χ1n) is 2.23. The number of rotatable bonds is 3. The molecule has 0 unspecified atom stereocenters. The topological polar surface area (TPSA) is 49.4 Å². The third-order valence-corrected chi connectivity index (χ3v) is 0.838. The highest BCUT2D eigenvalue weighted by Crippen LogP contribution is 1.92. The number of hydrogen-bond acceptors (Lipinski definition) is 3. The van der Waals surface area contributed by atoms with Crippen LogP contribution in [0.2, 0.25) is 0 Å². The largest absolute Gasteiger partial charge is 0.542 e. The van der Waals surface area contributed by atoms with E-state index in [4.69, 9.17) is 11.6 Å². The van der Waals surface area contributed by atoms with Crippen molar-refractivity contribution in [3.05, 3.63) is 11.8 Å². The van der Waals surface area contributed by atoms with Gasteiger partial charge < -0.3 is 14.6 Å². The lowest BCUT2D eigenvalue weighted by Gasteiger charge is -2.04. The van der Waals surface area contributed by atoms with E-state index in [0.29, 0.717) is 0 Å². The van der Waals surface area contributed by atoms with Gasteiger partial charge in [0.1, 0.15) is 11.7 Å². The van der Waals surface area contributed by atoms with E-state index < -0.39 is 5.97 Å². The van der Waals surface area contributed by atoms with Crippen LogP contribution in [0.3, 0.4) is 0 Å². The summed E-state index contributed by atoms with van der Waals surface area (Å²) in [4.78, 5) is 9.96. The maximum absolute atomic E-state index is 9.96. The molecule has 0 rings (SSSR count). The fraction of sp³-hybridized carbons (Fsp3) is 0.400. The maximum atomic E-state index is 9.96. The van der Waals surface area contributed by atoms with Crippen LogP contribution >= 0.6 is 11.6 Å². The molecule has 0 saturated carbocycles. The Morgan fingerprint density at radius 2 is 2.44 bits per heavy atom. The van der Waals surface area contributed by atoms with Gasteiger partial charge in [0, 0.05) is 5.88 Å². The van der Waals surface area contributed by atoms with Crippen molar-refractivity contribution in [2.24, 2.45) is 0 Å². The lowest BCUT2D eigenvalue weighted by atomic mass is 10.5. The minimum atomic E-state index is -1.35. The van der Waals surface area contributed by atoms with E-state index in [1.807, 2.05) is 0 Å². The second-order valence-electron chi connectivity index (χ2n) is 1.21. The quantitative estimate of drug-likeness (QED) is 0.309. The summed E-state index contributed by atoms with van der Waals surface area (Å²) in [6.07, 6.45) is 1.22. The number of carboxylic acid groups (broad SMARTS) is 1. The number of aliphatic carboxylic acids is 1. The van der Waals surface area contributed by atoms with Crippen LogP contribution in [-0.2, 0) is 9.53 Å². The number of allylic oxidation sites excluding steroid dienone is 1. The van der Waals surface area contributed by atoms with Crippen molar-refractivity contribution in [3.8, 4) is 0 Å². The molecule has 9 heavy (non-hydrogen) atoms. The predicted octanol–water partition coefficient (Wildman–Crippen LogP) is -0.495. The van der Waals surface area contributed by atoms with Gasteiger partial charge in [0.2, 0.25) is 0 Å². The Bertz CT molecular complexity index is 130. The SMILES string of the molecule is CO/C(=C\CCl)C(=O)[O-]. The van der Waals surface area contributed by atoms with Gasteiger partial charge >= 0.3 is 0 Å². The molecule has 52 valence electrons. The van der Waals surface area contributed by atoms with E-state index in [9.17, 15) is 9.90 Å². The summed E-state index contributed by atoms with van der Waals surface area (Å²) in [6.45, 7) is 0. The summed E-state index contributed by atoms with van der Waals surface area (Å²) in [5.41, 5.74) is 0. The Morgan fingerprint density at radius 3 is 2.56 bits per heavy atom. The van der Waals surface area contributed by atoms with Crippen molar-refractivity contribution in [3.63, 3.8) is 0 Å². The van der Waals surface area contributed by atoms with Crippen LogP contribution in [-0.4, -0.2) is 19.0 Å². The molecule has 3 nitrogen and oxygen atoms in total. The zero-order chi connectivity index (χ0) is 7.28. The Hall–Kier alpha value is -0.700. The van der Waals surface area contributed by atoms with Gasteiger partial charge in [-0.3, -0.25) is 0 Å². The van der Waals surface area contributed by atoms with Crippen LogP contribution in [0.15, 0.2) is 11.8 Å². The van der Waals surface area contributed by atoms with Crippen LogP contribution in [0.1, 0.15) is 0 Å². The highest BCUT2D eigenvalue weighted by Gasteiger charge is 1.92. The standard InChI is InChI=1S/C5H7ClO3/c1-9-4(2-3-6)5(7)8/h2H,3H2,1H3,(H,7,8)/p-1/b4-2-. The first kappa shape index (κ1) is 8.30. The number of carbonyl (C=O) groups excluding carboxylic acids is 1. The van der Waals surface area contributed by atoms with Crippen molar-refractivity contribution in [2.75, 3.05) is 13.0 Å². The van der Waals surface area contributed by atoms with E-state index in [-0.39, 0.29) is 11.6 Å². The van der Waals surface area contributed by atoms with E-state index >= 15 is 0 Å². The number of carboxylic acids is 1. The molecule has 0 aromatic heterocycles. The summed E-state index contributed by atoms with van der Waals surface area (Å²) in [6, 6.07) is 0. The molecule has 0 N–H and O–H groups in total. The Morgan fingerprint density at radius 1 is 1.89 bits per heavy atom. The molecule has 0 aliphatic carbocycles. The van der Waals surface area contributed by atoms with Gasteiger partial charge in [-0.2, -0.15) is 0 Å². The van der Waals surface area contributed by atoms with Gasteiger partial charge in [-0.15, -0.1) is 11.6 Å². The third kappa shape index (κ3) is 2.98. The average Bonchev–Trinajstić information content (AvgIpc) is 1.82. The fourth-order valence-electron chi connectivity index (χ4n) is 0.320. The Balaban J connectivity index is 3.98. The minimum absolute atomic E-state index is 0.108. The first-order valence-corrected chi connectivity index (χ1v) is 2.77. The van der Waals surface area contributed by atoms with Crippen LogP contribution in [0.5, 0.6) is 0 Å². The van der Waals surface area contributed by atoms with Gasteiger partial charge in [-0.1, -0.05) is 0 Å². The molecule has 0 saturated heterocycles. The van der Waals surface area contributed by atoms with Gasteiger partial charge in [0.25, 0.3) is 0 Å². The van der Waals surface area contributed by atoms with Gasteiger partial charge in [0.15, 0.2) is 0 Å². The summed E-state index contributed by atoms with van der Waals surface area (Å²) in [7, 11) is 1.24. The molecular formula is C5H6ClO3-. The number of ether oxygens (including phenoxy) is 1. The molecule has 0 aromatic rings. The molecule has 0 bridgehead atoms. The van der Waals surface area contributed by atoms with E-state index in [2.05, 4.69) is 4.74 Å². The van der Waals surface area contributed by atoms with Gasteiger partial charge in [-0.25, -0.2) is 0 Å². The van der Waals surface area contributed by atoms with Crippen LogP contribution in [0.4, 0.5) is 0 Å². The van der Waals surface area contributed by atoms with Gasteiger partial charge in [-0.05, 0) is 6.08 Å². The van der Waals surface area contributed by atoms with Crippen molar-refractivity contribution < 1.29 is 14.6 Å². The zero-order valence-corrected chi connectivity index (χ0v) is 5.64. The summed E-state index contributed by atoms with van der Waals surface area (Å²) in [5, 5.41) is 9.96. The molecule has 0 aliphatic heterocycles. The minimum Gasteiger partial charge on any atom is -0.542 e. The monoisotopic (exact) mass is 149 g/mol. The van der Waals surface area contributed by atoms with E-state index in [1.165, 1.54) is 13.2 Å². The summed E-state index contributed by atoms with van der Waals surface area (Å²) >= 11 is 5.17. The molecule has 0 heterocycles. The highest BCUT2D eigenvalue weighted by atomic mass is 35.5. The van der Waals surface area contributed by atoms with Crippen LogP contribution in [0.25, 0.3) is 0 Å². The van der Waals surface area contributed by atoms with Crippen molar-refractivity contribution in [1.29, 1.82) is 0 Å². The number of alkyl halides is 1. The molecule has 0 aliphatic rings.